The number of benzene rings is 1. The summed E-state index contributed by atoms with van der Waals surface area (Å²) >= 11 is 9.56. The molecule has 0 amide bonds. The predicted molar refractivity (Wildman–Crippen MR) is 61.9 cm³/mol. The van der Waals surface area contributed by atoms with E-state index in [1.807, 2.05) is 19.1 Å². The first-order valence-electron chi connectivity index (χ1n) is 4.16. The number of hydrogen-bond acceptors (Lipinski definition) is 2. The number of methoxy groups -OCH3 is 2. The Bertz CT molecular complexity index is 326. The van der Waals surface area contributed by atoms with Gasteiger partial charge in [0.1, 0.15) is 16.5 Å². The third-order valence-corrected chi connectivity index (χ3v) is 2.80. The molecule has 2 nitrogen and oxygen atoms in total. The summed E-state index contributed by atoms with van der Waals surface area (Å²) in [6, 6.07) is 3.76. The van der Waals surface area contributed by atoms with Crippen molar-refractivity contribution in [3.05, 3.63) is 22.7 Å². The van der Waals surface area contributed by atoms with Crippen LogP contribution in [-0.2, 0) is 0 Å². The molecular formula is C10H12BrClO2. The van der Waals surface area contributed by atoms with Gasteiger partial charge in [0.15, 0.2) is 0 Å². The van der Waals surface area contributed by atoms with Crippen molar-refractivity contribution in [3.63, 3.8) is 0 Å². The minimum Gasteiger partial charge on any atom is -0.495 e. The van der Waals surface area contributed by atoms with Crippen molar-refractivity contribution >= 4 is 27.5 Å². The molecule has 0 saturated heterocycles. The van der Waals surface area contributed by atoms with E-state index in [-0.39, 0.29) is 4.83 Å². The first kappa shape index (κ1) is 11.7. The Kier molecular flexibility index (Phi) is 4.08. The predicted octanol–water partition coefficient (Wildman–Crippen LogP) is 3.81. The molecule has 0 aliphatic rings. The van der Waals surface area contributed by atoms with E-state index >= 15 is 0 Å². The van der Waals surface area contributed by atoms with Crippen LogP contribution in [0.15, 0.2) is 12.1 Å². The van der Waals surface area contributed by atoms with E-state index in [0.717, 1.165) is 5.56 Å². The summed E-state index contributed by atoms with van der Waals surface area (Å²) in [6.07, 6.45) is 0. The molecule has 1 aromatic rings. The number of halogens is 2. The first-order valence-corrected chi connectivity index (χ1v) is 5.45. The molecule has 1 unspecified atom stereocenters. The fraction of sp³-hybridized carbons (Fsp3) is 0.400. The number of ether oxygens (including phenoxy) is 2. The Labute approximate surface area is 97.3 Å². The highest BCUT2D eigenvalue weighted by molar-refractivity contribution is 9.09. The summed E-state index contributed by atoms with van der Waals surface area (Å²) in [5, 5.41) is 0.513. The summed E-state index contributed by atoms with van der Waals surface area (Å²) in [5.41, 5.74) is 1.01. The average Bonchev–Trinajstić information content (AvgIpc) is 2.17. The molecule has 78 valence electrons. The van der Waals surface area contributed by atoms with E-state index in [1.165, 1.54) is 0 Å². The standard InChI is InChI=1S/C10H12BrClO2/c1-6(11)7-4-5-8(13-2)9(12)10(7)14-3/h4-6H,1-3H3. The van der Waals surface area contributed by atoms with E-state index in [4.69, 9.17) is 21.1 Å². The molecule has 1 atom stereocenters. The highest BCUT2D eigenvalue weighted by Gasteiger charge is 2.15. The van der Waals surface area contributed by atoms with Crippen LogP contribution in [-0.4, -0.2) is 14.2 Å². The van der Waals surface area contributed by atoms with E-state index in [0.29, 0.717) is 16.5 Å². The van der Waals surface area contributed by atoms with Crippen LogP contribution in [0.25, 0.3) is 0 Å². The van der Waals surface area contributed by atoms with Gasteiger partial charge in [0, 0.05) is 10.4 Å². The van der Waals surface area contributed by atoms with Crippen molar-refractivity contribution in [2.24, 2.45) is 0 Å². The fourth-order valence-electron chi connectivity index (χ4n) is 1.23. The molecule has 4 heteroatoms. The zero-order valence-electron chi connectivity index (χ0n) is 8.30. The molecular weight excluding hydrogens is 267 g/mol. The average molecular weight is 280 g/mol. The lowest BCUT2D eigenvalue weighted by atomic mass is 10.1. The third-order valence-electron chi connectivity index (χ3n) is 1.94. The molecule has 14 heavy (non-hydrogen) atoms. The second kappa shape index (κ2) is 4.89. The van der Waals surface area contributed by atoms with Gasteiger partial charge in [0.25, 0.3) is 0 Å². The lowest BCUT2D eigenvalue weighted by Gasteiger charge is -2.14. The Morgan fingerprint density at radius 3 is 2.36 bits per heavy atom. The van der Waals surface area contributed by atoms with Crippen molar-refractivity contribution in [2.45, 2.75) is 11.8 Å². The second-order valence-corrected chi connectivity index (χ2v) is 4.57. The van der Waals surface area contributed by atoms with Gasteiger partial charge < -0.3 is 9.47 Å². The van der Waals surface area contributed by atoms with Crippen LogP contribution in [0, 0.1) is 0 Å². The number of rotatable bonds is 3. The van der Waals surface area contributed by atoms with Gasteiger partial charge >= 0.3 is 0 Å². The van der Waals surface area contributed by atoms with Crippen LogP contribution in [0.3, 0.4) is 0 Å². The monoisotopic (exact) mass is 278 g/mol. The molecule has 1 rings (SSSR count). The molecule has 0 aliphatic carbocycles. The summed E-state index contributed by atoms with van der Waals surface area (Å²) < 4.78 is 10.3. The summed E-state index contributed by atoms with van der Waals surface area (Å²) in [4.78, 5) is 0.195. The topological polar surface area (TPSA) is 18.5 Å². The Hall–Kier alpha value is -0.410. The van der Waals surface area contributed by atoms with Gasteiger partial charge in [0.05, 0.1) is 14.2 Å². The van der Waals surface area contributed by atoms with Crippen molar-refractivity contribution in [1.82, 2.24) is 0 Å². The van der Waals surface area contributed by atoms with Crippen molar-refractivity contribution in [1.29, 1.82) is 0 Å². The zero-order valence-corrected chi connectivity index (χ0v) is 10.6. The molecule has 0 aromatic heterocycles. The molecule has 0 heterocycles. The summed E-state index contributed by atoms with van der Waals surface area (Å²) in [6.45, 7) is 2.01. The van der Waals surface area contributed by atoms with Crippen molar-refractivity contribution in [2.75, 3.05) is 14.2 Å². The van der Waals surface area contributed by atoms with E-state index in [2.05, 4.69) is 15.9 Å². The minimum absolute atomic E-state index is 0.195. The second-order valence-electron chi connectivity index (χ2n) is 2.82. The van der Waals surface area contributed by atoms with Crippen LogP contribution in [0.1, 0.15) is 17.3 Å². The van der Waals surface area contributed by atoms with Crippen LogP contribution in [0.4, 0.5) is 0 Å². The smallest absolute Gasteiger partial charge is 0.145 e. The fourth-order valence-corrected chi connectivity index (χ4v) is 1.92. The van der Waals surface area contributed by atoms with Crippen molar-refractivity contribution < 1.29 is 9.47 Å². The van der Waals surface area contributed by atoms with Crippen LogP contribution in [0.5, 0.6) is 11.5 Å². The van der Waals surface area contributed by atoms with Gasteiger partial charge in [-0.25, -0.2) is 0 Å². The SMILES string of the molecule is COc1ccc(C(C)Br)c(OC)c1Cl. The van der Waals surface area contributed by atoms with E-state index in [1.54, 1.807) is 14.2 Å². The molecule has 0 N–H and O–H groups in total. The maximum atomic E-state index is 6.09. The van der Waals surface area contributed by atoms with Crippen LogP contribution >= 0.6 is 27.5 Å². The quantitative estimate of drug-likeness (QED) is 0.783. The molecule has 0 aliphatic heterocycles. The summed E-state index contributed by atoms with van der Waals surface area (Å²) in [7, 11) is 3.18. The summed E-state index contributed by atoms with van der Waals surface area (Å²) in [5.74, 6) is 1.29. The number of hydrogen-bond donors (Lipinski definition) is 0. The molecule has 0 radical (unpaired) electrons. The van der Waals surface area contributed by atoms with Crippen LogP contribution < -0.4 is 9.47 Å². The molecule has 0 spiro atoms. The highest BCUT2D eigenvalue weighted by atomic mass is 79.9. The maximum absolute atomic E-state index is 6.09. The van der Waals surface area contributed by atoms with Crippen molar-refractivity contribution in [3.8, 4) is 11.5 Å². The van der Waals surface area contributed by atoms with Gasteiger partial charge in [-0.3, -0.25) is 0 Å². The van der Waals surface area contributed by atoms with Gasteiger partial charge in [-0.1, -0.05) is 33.6 Å². The largest absolute Gasteiger partial charge is 0.495 e. The molecule has 0 bridgehead atoms. The molecule has 1 aromatic carbocycles. The van der Waals surface area contributed by atoms with Gasteiger partial charge in [-0.2, -0.15) is 0 Å². The lowest BCUT2D eigenvalue weighted by molar-refractivity contribution is 0.391. The lowest BCUT2D eigenvalue weighted by Crippen LogP contribution is -1.95. The Morgan fingerprint density at radius 2 is 1.93 bits per heavy atom. The van der Waals surface area contributed by atoms with Gasteiger partial charge in [0.2, 0.25) is 0 Å². The maximum Gasteiger partial charge on any atom is 0.145 e. The van der Waals surface area contributed by atoms with E-state index < -0.39 is 0 Å². The van der Waals surface area contributed by atoms with Crippen LogP contribution in [0.2, 0.25) is 5.02 Å². The molecule has 0 saturated carbocycles. The minimum atomic E-state index is 0.195. The number of alkyl halides is 1. The third kappa shape index (κ3) is 2.15. The first-order chi connectivity index (χ1) is 6.61. The van der Waals surface area contributed by atoms with Gasteiger partial charge in [-0.15, -0.1) is 0 Å². The highest BCUT2D eigenvalue weighted by Crippen LogP contribution is 2.41. The zero-order chi connectivity index (χ0) is 10.7. The van der Waals surface area contributed by atoms with E-state index in [9.17, 15) is 0 Å². The molecule has 0 fully saturated rings. The normalized spacial score (nSPS) is 12.4. The van der Waals surface area contributed by atoms with Gasteiger partial charge in [-0.05, 0) is 13.0 Å². The Morgan fingerprint density at radius 1 is 1.29 bits per heavy atom. The Balaban J connectivity index is 3.28.